The van der Waals surface area contributed by atoms with Crippen LogP contribution in [0.5, 0.6) is 0 Å². The Morgan fingerprint density at radius 1 is 1.04 bits per heavy atom. The summed E-state index contributed by atoms with van der Waals surface area (Å²) in [5.74, 6) is -1.50. The summed E-state index contributed by atoms with van der Waals surface area (Å²) in [7, 11) is 1.52. The van der Waals surface area contributed by atoms with Crippen molar-refractivity contribution in [3.05, 3.63) is 88.5 Å². The zero-order valence-corrected chi connectivity index (χ0v) is 26.9. The van der Waals surface area contributed by atoms with Crippen LogP contribution in [0.4, 0.5) is 16.2 Å². The van der Waals surface area contributed by atoms with Gasteiger partial charge >= 0.3 is 12.1 Å². The van der Waals surface area contributed by atoms with Gasteiger partial charge in [-0.25, -0.2) is 13.8 Å². The molecule has 1 aliphatic rings. The third kappa shape index (κ3) is 9.14. The molecule has 0 fully saturated rings. The van der Waals surface area contributed by atoms with Crippen LogP contribution in [-0.4, -0.2) is 55.3 Å². The molecule has 46 heavy (non-hydrogen) atoms. The number of carboxylic acids is 1. The molecule has 0 radical (unpaired) electrons. The van der Waals surface area contributed by atoms with Crippen molar-refractivity contribution in [3.63, 3.8) is 0 Å². The van der Waals surface area contributed by atoms with Gasteiger partial charge in [0.15, 0.2) is 17.1 Å². The van der Waals surface area contributed by atoms with Crippen LogP contribution in [0.15, 0.2) is 65.6 Å². The third-order valence-corrected chi connectivity index (χ3v) is 7.95. The van der Waals surface area contributed by atoms with E-state index in [1.807, 2.05) is 12.1 Å². The van der Waals surface area contributed by atoms with E-state index in [1.165, 1.54) is 24.1 Å². The number of hydrogen-bond donors (Lipinski definition) is 5. The summed E-state index contributed by atoms with van der Waals surface area (Å²) in [6, 6.07) is 15.8. The predicted molar refractivity (Wildman–Crippen MR) is 173 cm³/mol. The van der Waals surface area contributed by atoms with Gasteiger partial charge in [0, 0.05) is 37.0 Å². The second-order valence-corrected chi connectivity index (χ2v) is 13.0. The first-order valence-electron chi connectivity index (χ1n) is 14.7. The maximum absolute atomic E-state index is 12.7. The summed E-state index contributed by atoms with van der Waals surface area (Å²) in [6.07, 6.45) is 0.714. The van der Waals surface area contributed by atoms with Crippen LogP contribution in [0.2, 0.25) is 0 Å². The first-order chi connectivity index (χ1) is 21.7. The molecule has 4 rings (SSSR count). The van der Waals surface area contributed by atoms with Gasteiger partial charge in [-0.05, 0) is 86.2 Å². The molecule has 1 aliphatic heterocycles. The Hall–Kier alpha value is -4.75. The highest BCUT2D eigenvalue weighted by molar-refractivity contribution is 7.79. The fourth-order valence-electron chi connectivity index (χ4n) is 4.92. The number of fused-ring (bicyclic) bond motifs is 1. The zero-order chi connectivity index (χ0) is 33.6. The lowest BCUT2D eigenvalue weighted by Gasteiger charge is -2.25. The van der Waals surface area contributed by atoms with Crippen molar-refractivity contribution in [3.8, 4) is 0 Å². The van der Waals surface area contributed by atoms with Gasteiger partial charge in [-0.2, -0.15) is 0 Å². The summed E-state index contributed by atoms with van der Waals surface area (Å²) in [5, 5.41) is 18.4. The molecule has 5 N–H and O–H groups in total. The number of hydrogen-bond acceptors (Lipinski definition) is 7. The van der Waals surface area contributed by atoms with Crippen LogP contribution >= 0.6 is 0 Å². The Kier molecular flexibility index (Phi) is 10.8. The summed E-state index contributed by atoms with van der Waals surface area (Å²) < 4.78 is 27.0. The van der Waals surface area contributed by atoms with E-state index in [2.05, 4.69) is 16.0 Å². The van der Waals surface area contributed by atoms with Crippen molar-refractivity contribution in [2.45, 2.75) is 69.7 Å². The van der Waals surface area contributed by atoms with Crippen LogP contribution in [0.1, 0.15) is 72.3 Å². The van der Waals surface area contributed by atoms with Gasteiger partial charge in [0.1, 0.15) is 5.60 Å². The van der Waals surface area contributed by atoms with Gasteiger partial charge in [0.25, 0.3) is 5.91 Å². The lowest BCUT2D eigenvalue weighted by molar-refractivity contribution is -0.138. The minimum absolute atomic E-state index is 0.00101. The highest BCUT2D eigenvalue weighted by atomic mass is 32.2. The quantitative estimate of drug-likeness (QED) is 0.168. The molecule has 2 atom stereocenters. The van der Waals surface area contributed by atoms with Gasteiger partial charge in [0.05, 0.1) is 11.4 Å². The SMILES string of the molecule is CN(Cc1cc(NC(=O)CCCc2ccc(C(Nc3ccc4c(c3)C(=O)NC4)C(=O)O)cc2)ccc1S(=O)O)C(=O)OC(C)(C)C. The number of carbonyl (C=O) groups excluding carboxylic acids is 3. The van der Waals surface area contributed by atoms with Crippen LogP contribution < -0.4 is 16.0 Å². The highest BCUT2D eigenvalue weighted by Crippen LogP contribution is 2.26. The zero-order valence-electron chi connectivity index (χ0n) is 26.1. The summed E-state index contributed by atoms with van der Waals surface area (Å²) >= 11 is -2.30. The molecule has 244 valence electrons. The smallest absolute Gasteiger partial charge is 0.410 e. The minimum Gasteiger partial charge on any atom is -0.479 e. The van der Waals surface area contributed by atoms with Gasteiger partial charge in [0.2, 0.25) is 5.91 Å². The first-order valence-corrected chi connectivity index (χ1v) is 15.8. The molecule has 0 saturated heterocycles. The van der Waals surface area contributed by atoms with E-state index in [-0.39, 0.29) is 29.7 Å². The molecule has 0 bridgehead atoms. The molecule has 3 amide bonds. The Bertz CT molecular complexity index is 1650. The molecule has 0 aliphatic carbocycles. The average Bonchev–Trinajstić information content (AvgIpc) is 3.35. The maximum Gasteiger partial charge on any atom is 0.410 e. The van der Waals surface area contributed by atoms with E-state index in [4.69, 9.17) is 4.74 Å². The average molecular weight is 651 g/mol. The van der Waals surface area contributed by atoms with Crippen LogP contribution in [-0.2, 0) is 44.9 Å². The number of aryl methyl sites for hydroxylation is 1. The van der Waals surface area contributed by atoms with Gasteiger partial charge in [-0.3, -0.25) is 9.59 Å². The Balaban J connectivity index is 1.32. The number of ether oxygens (including phenoxy) is 1. The maximum atomic E-state index is 12.7. The van der Waals surface area contributed by atoms with E-state index in [0.29, 0.717) is 47.5 Å². The largest absolute Gasteiger partial charge is 0.479 e. The first kappa shape index (κ1) is 34.1. The molecular formula is C33H38N4O8S. The number of carbonyl (C=O) groups is 4. The van der Waals surface area contributed by atoms with Crippen molar-refractivity contribution in [1.29, 1.82) is 0 Å². The number of anilines is 2. The van der Waals surface area contributed by atoms with Crippen LogP contribution in [0, 0.1) is 0 Å². The normalized spacial score (nSPS) is 13.6. The molecule has 0 spiro atoms. The van der Waals surface area contributed by atoms with E-state index < -0.39 is 34.8 Å². The summed E-state index contributed by atoms with van der Waals surface area (Å²) in [6.45, 7) is 5.68. The fraction of sp³-hybridized carbons (Fsp3) is 0.333. The molecule has 0 saturated carbocycles. The van der Waals surface area contributed by atoms with E-state index in [9.17, 15) is 33.0 Å². The number of carboxylic acid groups (broad SMARTS) is 1. The number of nitrogens with zero attached hydrogens (tertiary/aromatic N) is 1. The highest BCUT2D eigenvalue weighted by Gasteiger charge is 2.24. The minimum atomic E-state index is -2.30. The van der Waals surface area contributed by atoms with Gasteiger partial charge in [-0.15, -0.1) is 0 Å². The van der Waals surface area contributed by atoms with Crippen molar-refractivity contribution in [1.82, 2.24) is 10.2 Å². The van der Waals surface area contributed by atoms with Crippen molar-refractivity contribution in [2.24, 2.45) is 0 Å². The molecule has 3 aromatic carbocycles. The lowest BCUT2D eigenvalue weighted by atomic mass is 10.0. The molecule has 12 nitrogen and oxygen atoms in total. The van der Waals surface area contributed by atoms with Crippen molar-refractivity contribution >= 4 is 46.3 Å². The third-order valence-electron chi connectivity index (χ3n) is 7.18. The molecule has 0 aromatic heterocycles. The topological polar surface area (TPSA) is 174 Å². The summed E-state index contributed by atoms with van der Waals surface area (Å²) in [5.41, 5.74) is 3.50. The number of aliphatic carboxylic acids is 1. The molecule has 3 aromatic rings. The van der Waals surface area contributed by atoms with Crippen LogP contribution in [0.25, 0.3) is 0 Å². The van der Waals surface area contributed by atoms with Crippen molar-refractivity contribution in [2.75, 3.05) is 17.7 Å². The number of nitrogens with one attached hydrogen (secondary N) is 3. The van der Waals surface area contributed by atoms with E-state index in [1.54, 1.807) is 57.2 Å². The van der Waals surface area contributed by atoms with Gasteiger partial charge in [-0.1, -0.05) is 30.3 Å². The predicted octanol–water partition coefficient (Wildman–Crippen LogP) is 5.08. The summed E-state index contributed by atoms with van der Waals surface area (Å²) in [4.78, 5) is 50.5. The lowest BCUT2D eigenvalue weighted by Crippen LogP contribution is -2.34. The number of benzene rings is 3. The Morgan fingerprint density at radius 3 is 2.39 bits per heavy atom. The molecule has 1 heterocycles. The van der Waals surface area contributed by atoms with Gasteiger partial charge < -0.3 is 35.2 Å². The second kappa shape index (κ2) is 14.6. The number of amides is 3. The standard InChI is InChI=1S/C33H38N4O8S/c1-33(2,3)45-32(42)37(4)19-23-16-24(14-15-27(23)46(43)44)35-28(38)7-5-6-20-8-10-21(11-9-20)29(31(40)41)36-25-13-12-22-18-34-30(39)26(22)17-25/h8-17,29,36H,5-7,18-19H2,1-4H3,(H,34,39)(H,35,38)(H,40,41)(H,43,44). The molecule has 13 heteroatoms. The fourth-order valence-corrected chi connectivity index (χ4v) is 5.45. The van der Waals surface area contributed by atoms with Crippen molar-refractivity contribution < 1.29 is 37.8 Å². The molecule has 2 unspecified atom stereocenters. The second-order valence-electron chi connectivity index (χ2n) is 12.0. The number of rotatable bonds is 12. The molecular weight excluding hydrogens is 612 g/mol. The monoisotopic (exact) mass is 650 g/mol. The Labute approximate surface area is 269 Å². The van der Waals surface area contributed by atoms with Crippen LogP contribution in [0.3, 0.4) is 0 Å². The van der Waals surface area contributed by atoms with E-state index >= 15 is 0 Å². The van der Waals surface area contributed by atoms with E-state index in [0.717, 1.165) is 11.1 Å². The Morgan fingerprint density at radius 2 is 1.74 bits per heavy atom.